The summed E-state index contributed by atoms with van der Waals surface area (Å²) in [6, 6.07) is 5.77. The van der Waals surface area contributed by atoms with E-state index in [1.807, 2.05) is 23.6 Å². The molecular weight excluding hydrogens is 222 g/mol. The van der Waals surface area contributed by atoms with Gasteiger partial charge in [-0.05, 0) is 29.4 Å². The summed E-state index contributed by atoms with van der Waals surface area (Å²) in [6.45, 7) is 0.366. The van der Waals surface area contributed by atoms with E-state index >= 15 is 0 Å². The first kappa shape index (κ1) is 11.1. The summed E-state index contributed by atoms with van der Waals surface area (Å²) >= 11 is 1.58. The van der Waals surface area contributed by atoms with Crippen LogP contribution in [0.15, 0.2) is 23.6 Å². The Morgan fingerprint density at radius 1 is 1.44 bits per heavy atom. The van der Waals surface area contributed by atoms with E-state index in [9.17, 15) is 4.79 Å². The van der Waals surface area contributed by atoms with Gasteiger partial charge in [-0.25, -0.2) is 0 Å². The minimum Gasteiger partial charge on any atom is -0.494 e. The summed E-state index contributed by atoms with van der Waals surface area (Å²) in [5.74, 6) is 0.709. The minimum absolute atomic E-state index is 0.0367. The summed E-state index contributed by atoms with van der Waals surface area (Å²) in [4.78, 5) is 11.8. The van der Waals surface area contributed by atoms with Crippen LogP contribution >= 0.6 is 11.3 Å². The molecular formula is C12H13NO2S. The summed E-state index contributed by atoms with van der Waals surface area (Å²) in [5, 5.41) is 3.09. The molecule has 2 aromatic rings. The Morgan fingerprint density at radius 2 is 2.25 bits per heavy atom. The Hall–Kier alpha value is -1.39. The maximum absolute atomic E-state index is 11.8. The fourth-order valence-corrected chi connectivity index (χ4v) is 2.62. The van der Waals surface area contributed by atoms with Gasteiger partial charge < -0.3 is 10.5 Å². The number of ether oxygens (including phenoxy) is 1. The zero-order chi connectivity index (χ0) is 11.5. The van der Waals surface area contributed by atoms with Gasteiger partial charge in [0.15, 0.2) is 5.78 Å². The molecule has 0 bridgehead atoms. The molecule has 0 amide bonds. The Morgan fingerprint density at radius 3 is 2.94 bits per heavy atom. The van der Waals surface area contributed by atoms with Gasteiger partial charge in [0.2, 0.25) is 0 Å². The smallest absolute Gasteiger partial charge is 0.167 e. The fraction of sp³-hybridized carbons (Fsp3) is 0.250. The average Bonchev–Trinajstić information content (AvgIpc) is 2.75. The third kappa shape index (κ3) is 1.81. The van der Waals surface area contributed by atoms with Crippen molar-refractivity contribution in [3.63, 3.8) is 0 Å². The maximum Gasteiger partial charge on any atom is 0.167 e. The molecule has 0 aliphatic carbocycles. The van der Waals surface area contributed by atoms with Crippen molar-refractivity contribution < 1.29 is 9.53 Å². The molecule has 0 aliphatic heterocycles. The third-order valence-electron chi connectivity index (χ3n) is 2.45. The number of methoxy groups -OCH3 is 1. The van der Waals surface area contributed by atoms with Crippen molar-refractivity contribution in [1.29, 1.82) is 0 Å². The SMILES string of the molecule is COc1c(C(=O)CCN)ccc2ccsc12. The monoisotopic (exact) mass is 235 g/mol. The summed E-state index contributed by atoms with van der Waals surface area (Å²) < 4.78 is 6.35. The van der Waals surface area contributed by atoms with E-state index in [0.29, 0.717) is 24.3 Å². The number of thiophene rings is 1. The summed E-state index contributed by atoms with van der Waals surface area (Å²) in [5.41, 5.74) is 6.02. The maximum atomic E-state index is 11.8. The standard InChI is InChI=1S/C12H13NO2S/c1-15-11-9(10(14)4-6-13)3-2-8-5-7-16-12(8)11/h2-3,5,7H,4,6,13H2,1H3. The highest BCUT2D eigenvalue weighted by Crippen LogP contribution is 2.34. The highest BCUT2D eigenvalue weighted by atomic mass is 32.1. The second-order valence-electron chi connectivity index (χ2n) is 3.45. The number of carbonyl (C=O) groups excluding carboxylic acids is 1. The number of ketones is 1. The van der Waals surface area contributed by atoms with Gasteiger partial charge in [-0.15, -0.1) is 11.3 Å². The molecule has 84 valence electrons. The topological polar surface area (TPSA) is 52.3 Å². The average molecular weight is 235 g/mol. The van der Waals surface area contributed by atoms with Gasteiger partial charge >= 0.3 is 0 Å². The molecule has 0 radical (unpaired) electrons. The van der Waals surface area contributed by atoms with Gasteiger partial charge in [0.1, 0.15) is 5.75 Å². The highest BCUT2D eigenvalue weighted by Gasteiger charge is 2.14. The van der Waals surface area contributed by atoms with Crippen LogP contribution in [0, 0.1) is 0 Å². The second kappa shape index (κ2) is 4.63. The number of nitrogens with two attached hydrogens (primary N) is 1. The Kier molecular flexibility index (Phi) is 3.22. The van der Waals surface area contributed by atoms with E-state index in [4.69, 9.17) is 10.5 Å². The molecule has 4 heteroatoms. The first-order valence-corrected chi connectivity index (χ1v) is 5.93. The van der Waals surface area contributed by atoms with E-state index in [0.717, 1.165) is 10.1 Å². The zero-order valence-electron chi connectivity index (χ0n) is 9.03. The second-order valence-corrected chi connectivity index (χ2v) is 4.36. The molecule has 1 aromatic carbocycles. The largest absolute Gasteiger partial charge is 0.494 e. The van der Waals surface area contributed by atoms with Crippen molar-refractivity contribution >= 4 is 27.2 Å². The minimum atomic E-state index is 0.0367. The van der Waals surface area contributed by atoms with Crippen LogP contribution in [0.2, 0.25) is 0 Å². The lowest BCUT2D eigenvalue weighted by Gasteiger charge is -2.08. The van der Waals surface area contributed by atoms with Gasteiger partial charge in [-0.1, -0.05) is 6.07 Å². The van der Waals surface area contributed by atoms with Crippen molar-refractivity contribution in [2.75, 3.05) is 13.7 Å². The van der Waals surface area contributed by atoms with Crippen LogP contribution < -0.4 is 10.5 Å². The van der Waals surface area contributed by atoms with Gasteiger partial charge in [-0.2, -0.15) is 0 Å². The number of hydrogen-bond acceptors (Lipinski definition) is 4. The molecule has 0 spiro atoms. The molecule has 1 aromatic heterocycles. The third-order valence-corrected chi connectivity index (χ3v) is 3.38. The Labute approximate surface area is 97.8 Å². The predicted octanol–water partition coefficient (Wildman–Crippen LogP) is 2.44. The number of fused-ring (bicyclic) bond motifs is 1. The summed E-state index contributed by atoms with van der Waals surface area (Å²) in [6.07, 6.45) is 0.354. The van der Waals surface area contributed by atoms with Crippen LogP contribution in [0.25, 0.3) is 10.1 Å². The van der Waals surface area contributed by atoms with Gasteiger partial charge in [-0.3, -0.25) is 4.79 Å². The lowest BCUT2D eigenvalue weighted by Crippen LogP contribution is -2.09. The molecule has 3 nitrogen and oxygen atoms in total. The van der Waals surface area contributed by atoms with Crippen molar-refractivity contribution in [3.05, 3.63) is 29.1 Å². The lowest BCUT2D eigenvalue weighted by molar-refractivity contribution is 0.0983. The predicted molar refractivity (Wildman–Crippen MR) is 66.4 cm³/mol. The molecule has 0 unspecified atom stereocenters. The van der Waals surface area contributed by atoms with Crippen LogP contribution in [0.5, 0.6) is 5.75 Å². The quantitative estimate of drug-likeness (QED) is 0.828. The van der Waals surface area contributed by atoms with Gasteiger partial charge in [0.25, 0.3) is 0 Å². The highest BCUT2D eigenvalue weighted by molar-refractivity contribution is 7.17. The Bertz CT molecular complexity index is 519. The van der Waals surface area contributed by atoms with E-state index in [1.54, 1.807) is 18.4 Å². The number of benzene rings is 1. The van der Waals surface area contributed by atoms with E-state index in [1.165, 1.54) is 0 Å². The summed E-state index contributed by atoms with van der Waals surface area (Å²) in [7, 11) is 1.59. The van der Waals surface area contributed by atoms with E-state index in [2.05, 4.69) is 0 Å². The molecule has 0 aliphatic rings. The van der Waals surface area contributed by atoms with E-state index in [-0.39, 0.29) is 5.78 Å². The number of carbonyl (C=O) groups is 1. The first-order chi connectivity index (χ1) is 7.77. The van der Waals surface area contributed by atoms with Crippen LogP contribution in [-0.2, 0) is 0 Å². The molecule has 2 rings (SSSR count). The van der Waals surface area contributed by atoms with Crippen molar-refractivity contribution in [3.8, 4) is 5.75 Å². The van der Waals surface area contributed by atoms with Crippen molar-refractivity contribution in [2.45, 2.75) is 6.42 Å². The van der Waals surface area contributed by atoms with Crippen molar-refractivity contribution in [1.82, 2.24) is 0 Å². The van der Waals surface area contributed by atoms with Gasteiger partial charge in [0.05, 0.1) is 17.4 Å². The van der Waals surface area contributed by atoms with E-state index < -0.39 is 0 Å². The molecule has 2 N–H and O–H groups in total. The Balaban J connectivity index is 2.56. The number of Topliss-reactive ketones (excluding diaryl/α,β-unsaturated/α-hetero) is 1. The molecule has 1 heterocycles. The normalized spacial score (nSPS) is 10.6. The fourth-order valence-electron chi connectivity index (χ4n) is 1.69. The number of hydrogen-bond donors (Lipinski definition) is 1. The van der Waals surface area contributed by atoms with Crippen LogP contribution in [0.3, 0.4) is 0 Å². The molecule has 0 saturated heterocycles. The lowest BCUT2D eigenvalue weighted by atomic mass is 10.1. The first-order valence-electron chi connectivity index (χ1n) is 5.05. The molecule has 0 saturated carbocycles. The van der Waals surface area contributed by atoms with Crippen LogP contribution in [0.4, 0.5) is 0 Å². The molecule has 0 atom stereocenters. The zero-order valence-corrected chi connectivity index (χ0v) is 9.84. The number of rotatable bonds is 4. The van der Waals surface area contributed by atoms with Crippen LogP contribution in [-0.4, -0.2) is 19.4 Å². The van der Waals surface area contributed by atoms with Gasteiger partial charge in [0, 0.05) is 6.42 Å². The van der Waals surface area contributed by atoms with Crippen LogP contribution in [0.1, 0.15) is 16.8 Å². The van der Waals surface area contributed by atoms with Crippen molar-refractivity contribution in [2.24, 2.45) is 5.73 Å². The molecule has 0 fully saturated rings. The molecule has 16 heavy (non-hydrogen) atoms.